The summed E-state index contributed by atoms with van der Waals surface area (Å²) >= 11 is 12.0. The monoisotopic (exact) mass is 386 g/mol. The second-order valence-electron chi connectivity index (χ2n) is 5.82. The summed E-state index contributed by atoms with van der Waals surface area (Å²) in [5, 5.41) is 10.4. The minimum Gasteiger partial charge on any atom is -0.478 e. The predicted molar refractivity (Wildman–Crippen MR) is 104 cm³/mol. The fraction of sp³-hybridized carbons (Fsp3) is 0.0952. The van der Waals surface area contributed by atoms with E-state index in [1.165, 1.54) is 0 Å². The summed E-state index contributed by atoms with van der Waals surface area (Å²) in [5.74, 6) is -0.557. The number of carboxylic acids is 1. The fourth-order valence-corrected chi connectivity index (χ4v) is 3.21. The molecule has 3 rings (SSSR count). The molecule has 132 valence electrons. The molecule has 1 atom stereocenters. The van der Waals surface area contributed by atoms with E-state index in [0.717, 1.165) is 11.1 Å². The zero-order valence-corrected chi connectivity index (χ0v) is 15.2. The van der Waals surface area contributed by atoms with Crippen LogP contribution in [0.3, 0.4) is 0 Å². The number of hydrogen-bond acceptors (Lipinski definition) is 2. The SMILES string of the molecule is O=C(O)[C@H](Cc1cc(Cl)cc(Cl)c1)Oc1ccc(-c2ccccc2)cc1. The van der Waals surface area contributed by atoms with Crippen LogP contribution in [-0.4, -0.2) is 17.2 Å². The van der Waals surface area contributed by atoms with Crippen LogP contribution in [0.25, 0.3) is 11.1 Å². The van der Waals surface area contributed by atoms with Crippen molar-refractivity contribution in [1.29, 1.82) is 0 Å². The topological polar surface area (TPSA) is 46.5 Å². The molecule has 3 aromatic rings. The van der Waals surface area contributed by atoms with Crippen molar-refractivity contribution in [3.63, 3.8) is 0 Å². The normalized spacial score (nSPS) is 11.8. The Morgan fingerprint density at radius 2 is 1.46 bits per heavy atom. The predicted octanol–water partition coefficient (Wildman–Crippen LogP) is 5.74. The second-order valence-corrected chi connectivity index (χ2v) is 6.69. The molecule has 3 aromatic carbocycles. The quantitative estimate of drug-likeness (QED) is 0.587. The van der Waals surface area contributed by atoms with Gasteiger partial charge in [0.05, 0.1) is 0 Å². The van der Waals surface area contributed by atoms with E-state index in [9.17, 15) is 9.90 Å². The maximum atomic E-state index is 11.6. The largest absolute Gasteiger partial charge is 0.478 e. The van der Waals surface area contributed by atoms with Crippen molar-refractivity contribution in [2.45, 2.75) is 12.5 Å². The minimum absolute atomic E-state index is 0.163. The molecule has 0 spiro atoms. The minimum atomic E-state index is -1.05. The first-order valence-corrected chi connectivity index (χ1v) is 8.77. The van der Waals surface area contributed by atoms with E-state index < -0.39 is 12.1 Å². The molecule has 3 nitrogen and oxygen atoms in total. The fourth-order valence-electron chi connectivity index (χ4n) is 2.64. The molecule has 0 aliphatic carbocycles. The molecule has 0 saturated heterocycles. The molecule has 0 radical (unpaired) electrons. The molecule has 0 saturated carbocycles. The molecular weight excluding hydrogens is 371 g/mol. The van der Waals surface area contributed by atoms with Gasteiger partial charge in [-0.15, -0.1) is 0 Å². The van der Waals surface area contributed by atoms with Crippen molar-refractivity contribution < 1.29 is 14.6 Å². The van der Waals surface area contributed by atoms with Crippen LogP contribution in [0.2, 0.25) is 10.0 Å². The number of ether oxygens (including phenoxy) is 1. The van der Waals surface area contributed by atoms with Gasteiger partial charge in [-0.25, -0.2) is 4.79 Å². The average Bonchev–Trinajstić information content (AvgIpc) is 2.61. The Morgan fingerprint density at radius 1 is 0.885 bits per heavy atom. The summed E-state index contributed by atoms with van der Waals surface area (Å²) in [6, 6.07) is 22.2. The van der Waals surface area contributed by atoms with E-state index in [0.29, 0.717) is 21.4 Å². The van der Waals surface area contributed by atoms with E-state index in [2.05, 4.69) is 0 Å². The molecule has 1 N–H and O–H groups in total. The van der Waals surface area contributed by atoms with Crippen molar-refractivity contribution in [1.82, 2.24) is 0 Å². The molecule has 0 aliphatic rings. The first-order chi connectivity index (χ1) is 12.5. The maximum absolute atomic E-state index is 11.6. The zero-order chi connectivity index (χ0) is 18.5. The van der Waals surface area contributed by atoms with Crippen LogP contribution in [0.1, 0.15) is 5.56 Å². The lowest BCUT2D eigenvalue weighted by molar-refractivity contribution is -0.145. The van der Waals surface area contributed by atoms with Gasteiger partial charge in [-0.2, -0.15) is 0 Å². The maximum Gasteiger partial charge on any atom is 0.345 e. The van der Waals surface area contributed by atoms with Crippen molar-refractivity contribution in [2.24, 2.45) is 0 Å². The highest BCUT2D eigenvalue weighted by atomic mass is 35.5. The molecule has 0 bridgehead atoms. The van der Waals surface area contributed by atoms with Gasteiger partial charge < -0.3 is 9.84 Å². The number of rotatable bonds is 6. The summed E-state index contributed by atoms with van der Waals surface area (Å²) in [6.07, 6.45) is -0.872. The Morgan fingerprint density at radius 3 is 2.04 bits per heavy atom. The summed E-state index contributed by atoms with van der Waals surface area (Å²) in [4.78, 5) is 11.6. The van der Waals surface area contributed by atoms with E-state index in [4.69, 9.17) is 27.9 Å². The Labute approximate surface area is 161 Å². The molecule has 5 heteroatoms. The van der Waals surface area contributed by atoms with E-state index in [1.807, 2.05) is 42.5 Å². The number of carbonyl (C=O) groups is 1. The van der Waals surface area contributed by atoms with Crippen molar-refractivity contribution in [3.8, 4) is 16.9 Å². The molecule has 0 unspecified atom stereocenters. The Bertz CT molecular complexity index is 873. The van der Waals surface area contributed by atoms with Crippen molar-refractivity contribution in [3.05, 3.63) is 88.4 Å². The number of halogens is 2. The number of carboxylic acid groups (broad SMARTS) is 1. The lowest BCUT2D eigenvalue weighted by atomic mass is 10.1. The summed E-state index contributed by atoms with van der Waals surface area (Å²) in [5.41, 5.74) is 2.82. The third kappa shape index (κ3) is 4.78. The molecule has 0 aromatic heterocycles. The van der Waals surface area contributed by atoms with Gasteiger partial charge in [0, 0.05) is 16.5 Å². The Balaban J connectivity index is 1.75. The van der Waals surface area contributed by atoms with Crippen LogP contribution in [0, 0.1) is 0 Å². The van der Waals surface area contributed by atoms with Crippen LogP contribution in [-0.2, 0) is 11.2 Å². The Kier molecular flexibility index (Phi) is 5.82. The van der Waals surface area contributed by atoms with Crippen LogP contribution in [0.5, 0.6) is 5.75 Å². The van der Waals surface area contributed by atoms with Crippen molar-refractivity contribution in [2.75, 3.05) is 0 Å². The van der Waals surface area contributed by atoms with E-state index >= 15 is 0 Å². The van der Waals surface area contributed by atoms with Gasteiger partial charge in [0.25, 0.3) is 0 Å². The zero-order valence-electron chi connectivity index (χ0n) is 13.7. The molecule has 26 heavy (non-hydrogen) atoms. The van der Waals surface area contributed by atoms with Gasteiger partial charge in [-0.05, 0) is 47.0 Å². The summed E-state index contributed by atoms with van der Waals surface area (Å²) < 4.78 is 5.66. The van der Waals surface area contributed by atoms with Gasteiger partial charge in [0.15, 0.2) is 6.10 Å². The first kappa shape index (κ1) is 18.3. The highest BCUT2D eigenvalue weighted by Gasteiger charge is 2.20. The lowest BCUT2D eigenvalue weighted by Crippen LogP contribution is -2.29. The first-order valence-electron chi connectivity index (χ1n) is 8.01. The number of benzene rings is 3. The van der Waals surface area contributed by atoms with Gasteiger partial charge in [-0.3, -0.25) is 0 Å². The van der Waals surface area contributed by atoms with Crippen molar-refractivity contribution >= 4 is 29.2 Å². The van der Waals surface area contributed by atoms with Crippen LogP contribution in [0.15, 0.2) is 72.8 Å². The molecular formula is C21H16Cl2O3. The molecule has 0 aliphatic heterocycles. The third-order valence-electron chi connectivity index (χ3n) is 3.86. The second kappa shape index (κ2) is 8.26. The van der Waals surface area contributed by atoms with Crippen LogP contribution in [0.4, 0.5) is 0 Å². The van der Waals surface area contributed by atoms with Gasteiger partial charge >= 0.3 is 5.97 Å². The summed E-state index contributed by atoms with van der Waals surface area (Å²) in [6.45, 7) is 0. The Hall–Kier alpha value is -2.49. The van der Waals surface area contributed by atoms with Gasteiger partial charge in [0.1, 0.15) is 5.75 Å². The average molecular weight is 387 g/mol. The highest BCUT2D eigenvalue weighted by Crippen LogP contribution is 2.24. The van der Waals surface area contributed by atoms with E-state index in [-0.39, 0.29) is 6.42 Å². The van der Waals surface area contributed by atoms with Crippen LogP contribution < -0.4 is 4.74 Å². The summed E-state index contributed by atoms with van der Waals surface area (Å²) in [7, 11) is 0. The lowest BCUT2D eigenvalue weighted by Gasteiger charge is -2.16. The molecule has 0 amide bonds. The standard InChI is InChI=1S/C21H16Cl2O3/c22-17-10-14(11-18(23)13-17)12-20(21(24)25)26-19-8-6-16(7-9-19)15-4-2-1-3-5-15/h1-11,13,20H,12H2,(H,24,25)/t20-/m0/s1. The molecule has 0 fully saturated rings. The highest BCUT2D eigenvalue weighted by molar-refractivity contribution is 6.34. The number of aliphatic carboxylic acids is 1. The smallest absolute Gasteiger partial charge is 0.345 e. The van der Waals surface area contributed by atoms with Gasteiger partial charge in [0.2, 0.25) is 0 Å². The number of hydrogen-bond donors (Lipinski definition) is 1. The van der Waals surface area contributed by atoms with Gasteiger partial charge in [-0.1, -0.05) is 65.7 Å². The van der Waals surface area contributed by atoms with E-state index in [1.54, 1.807) is 30.3 Å². The van der Waals surface area contributed by atoms with Crippen LogP contribution >= 0.6 is 23.2 Å². The molecule has 0 heterocycles. The third-order valence-corrected chi connectivity index (χ3v) is 4.30.